The van der Waals surface area contributed by atoms with Crippen molar-refractivity contribution in [3.8, 4) is 0 Å². The molecule has 0 atom stereocenters. The molecule has 1 aliphatic rings. The van der Waals surface area contributed by atoms with Crippen LogP contribution in [0.4, 0.5) is 5.69 Å². The summed E-state index contributed by atoms with van der Waals surface area (Å²) in [6, 6.07) is 16.0. The van der Waals surface area contributed by atoms with Gasteiger partial charge in [-0.05, 0) is 30.2 Å². The second-order valence-electron chi connectivity index (χ2n) is 6.67. The Morgan fingerprint density at radius 1 is 1.14 bits per heavy atom. The Bertz CT molecular complexity index is 1150. The lowest BCUT2D eigenvalue weighted by molar-refractivity contribution is -0.116. The normalized spacial score (nSPS) is 13.7. The zero-order valence-electron chi connectivity index (χ0n) is 15.9. The summed E-state index contributed by atoms with van der Waals surface area (Å²) in [6.07, 6.45) is 2.68. The van der Waals surface area contributed by atoms with Crippen molar-refractivity contribution in [2.45, 2.75) is 13.0 Å². The molecule has 0 radical (unpaired) electrons. The number of nitrogens with zero attached hydrogens (tertiary/aromatic N) is 3. The molecule has 0 fully saturated rings. The Hall–Kier alpha value is -2.64. The fourth-order valence-electron chi connectivity index (χ4n) is 3.45. The van der Waals surface area contributed by atoms with E-state index in [1.165, 1.54) is 28.7 Å². The third-order valence-electron chi connectivity index (χ3n) is 4.76. The van der Waals surface area contributed by atoms with E-state index in [0.717, 1.165) is 22.3 Å². The van der Waals surface area contributed by atoms with E-state index in [9.17, 15) is 9.59 Å². The maximum absolute atomic E-state index is 12.6. The standard InChI is InChI=1S/C22H21N3O2S2/c1-2-12-25-18-9-5-6-10-19(18)29-22(25)23-20(26)14-28-15-21(27)24-13-11-16-7-3-4-8-17(16)24/h2-10H,1,11-15H2. The molecule has 0 unspecified atom stereocenters. The maximum Gasteiger partial charge on any atom is 0.258 e. The number of benzene rings is 2. The second-order valence-corrected chi connectivity index (χ2v) is 8.67. The Balaban J connectivity index is 1.41. The third-order valence-corrected chi connectivity index (χ3v) is 6.72. The van der Waals surface area contributed by atoms with Crippen molar-refractivity contribution in [2.24, 2.45) is 4.99 Å². The number of aromatic nitrogens is 1. The number of hydrogen-bond acceptors (Lipinski definition) is 4. The fourth-order valence-corrected chi connectivity index (χ4v) is 5.18. The van der Waals surface area contributed by atoms with E-state index < -0.39 is 0 Å². The first-order valence-corrected chi connectivity index (χ1v) is 11.4. The van der Waals surface area contributed by atoms with Crippen molar-refractivity contribution >= 4 is 50.8 Å². The number of rotatable bonds is 6. The molecule has 5 nitrogen and oxygen atoms in total. The number of carbonyl (C=O) groups excluding carboxylic acids is 2. The van der Waals surface area contributed by atoms with Gasteiger partial charge in [-0.2, -0.15) is 4.99 Å². The zero-order chi connectivity index (χ0) is 20.2. The minimum atomic E-state index is -0.228. The molecule has 29 heavy (non-hydrogen) atoms. The van der Waals surface area contributed by atoms with Crippen LogP contribution in [-0.2, 0) is 22.6 Å². The Morgan fingerprint density at radius 2 is 1.93 bits per heavy atom. The van der Waals surface area contributed by atoms with Gasteiger partial charge >= 0.3 is 0 Å². The highest BCUT2D eigenvalue weighted by molar-refractivity contribution is 8.00. The first-order chi connectivity index (χ1) is 14.2. The van der Waals surface area contributed by atoms with Crippen LogP contribution in [0.2, 0.25) is 0 Å². The monoisotopic (exact) mass is 423 g/mol. The van der Waals surface area contributed by atoms with Crippen molar-refractivity contribution < 1.29 is 9.59 Å². The lowest BCUT2D eigenvalue weighted by Gasteiger charge is -2.16. The average molecular weight is 424 g/mol. The van der Waals surface area contributed by atoms with E-state index in [4.69, 9.17) is 0 Å². The molecule has 1 aliphatic heterocycles. The summed E-state index contributed by atoms with van der Waals surface area (Å²) in [5.74, 6) is 0.267. The minimum Gasteiger partial charge on any atom is -0.313 e. The average Bonchev–Trinajstić information content (AvgIpc) is 3.30. The van der Waals surface area contributed by atoms with Crippen molar-refractivity contribution in [3.63, 3.8) is 0 Å². The van der Waals surface area contributed by atoms with Gasteiger partial charge in [0, 0.05) is 18.8 Å². The quantitative estimate of drug-likeness (QED) is 0.569. The molecule has 2 amide bonds. The number of anilines is 1. The summed E-state index contributed by atoms with van der Waals surface area (Å²) in [6.45, 7) is 5.10. The van der Waals surface area contributed by atoms with Crippen LogP contribution in [0.15, 0.2) is 66.2 Å². The van der Waals surface area contributed by atoms with Gasteiger partial charge in [-0.25, -0.2) is 0 Å². The number of amides is 2. The van der Waals surface area contributed by atoms with Crippen molar-refractivity contribution in [1.29, 1.82) is 0 Å². The summed E-state index contributed by atoms with van der Waals surface area (Å²) >= 11 is 2.80. The van der Waals surface area contributed by atoms with Gasteiger partial charge in [-0.3, -0.25) is 9.59 Å². The van der Waals surface area contributed by atoms with E-state index in [1.807, 2.05) is 51.9 Å². The molecular weight excluding hydrogens is 402 g/mol. The molecule has 0 saturated carbocycles. The molecule has 0 spiro atoms. The predicted molar refractivity (Wildman–Crippen MR) is 120 cm³/mol. The minimum absolute atomic E-state index is 0.0383. The lowest BCUT2D eigenvalue weighted by Crippen LogP contribution is -2.30. The smallest absolute Gasteiger partial charge is 0.258 e. The van der Waals surface area contributed by atoms with Gasteiger partial charge < -0.3 is 9.47 Å². The van der Waals surface area contributed by atoms with Crippen LogP contribution in [0, 0.1) is 0 Å². The van der Waals surface area contributed by atoms with Crippen LogP contribution < -0.4 is 9.70 Å². The number of para-hydroxylation sites is 2. The summed E-state index contributed by atoms with van der Waals surface area (Å²) in [5, 5.41) is 0. The Labute approximate surface area is 177 Å². The molecular formula is C22H21N3O2S2. The van der Waals surface area contributed by atoms with Crippen LogP contribution in [0.3, 0.4) is 0 Å². The van der Waals surface area contributed by atoms with Gasteiger partial charge in [0.15, 0.2) is 4.80 Å². The number of hydrogen-bond donors (Lipinski definition) is 0. The van der Waals surface area contributed by atoms with Crippen LogP contribution in [0.5, 0.6) is 0 Å². The van der Waals surface area contributed by atoms with E-state index >= 15 is 0 Å². The molecule has 0 N–H and O–H groups in total. The molecule has 0 aliphatic carbocycles. The van der Waals surface area contributed by atoms with Gasteiger partial charge in [-0.15, -0.1) is 18.3 Å². The highest BCUT2D eigenvalue weighted by Crippen LogP contribution is 2.28. The molecule has 148 valence electrons. The van der Waals surface area contributed by atoms with Crippen LogP contribution in [0.25, 0.3) is 10.2 Å². The second kappa shape index (κ2) is 8.80. The van der Waals surface area contributed by atoms with E-state index in [1.54, 1.807) is 6.08 Å². The van der Waals surface area contributed by atoms with Gasteiger partial charge in [0.05, 0.1) is 21.7 Å². The van der Waals surface area contributed by atoms with E-state index in [-0.39, 0.29) is 23.3 Å². The third kappa shape index (κ3) is 4.21. The zero-order valence-corrected chi connectivity index (χ0v) is 17.5. The molecule has 3 aromatic rings. The van der Waals surface area contributed by atoms with Gasteiger partial charge in [0.25, 0.3) is 5.91 Å². The van der Waals surface area contributed by atoms with Crippen LogP contribution in [-0.4, -0.2) is 34.4 Å². The lowest BCUT2D eigenvalue weighted by atomic mass is 10.2. The van der Waals surface area contributed by atoms with Gasteiger partial charge in [0.1, 0.15) is 0 Å². The van der Waals surface area contributed by atoms with Crippen molar-refractivity contribution in [1.82, 2.24) is 4.57 Å². The summed E-state index contributed by atoms with van der Waals surface area (Å²) in [7, 11) is 0. The van der Waals surface area contributed by atoms with Crippen molar-refractivity contribution in [2.75, 3.05) is 23.0 Å². The largest absolute Gasteiger partial charge is 0.313 e. The summed E-state index contributed by atoms with van der Waals surface area (Å²) in [4.78, 5) is 31.7. The molecule has 0 saturated heterocycles. The van der Waals surface area contributed by atoms with E-state index in [0.29, 0.717) is 17.9 Å². The highest BCUT2D eigenvalue weighted by atomic mass is 32.2. The molecule has 4 rings (SSSR count). The molecule has 2 aromatic carbocycles. The summed E-state index contributed by atoms with van der Waals surface area (Å²) < 4.78 is 3.07. The van der Waals surface area contributed by atoms with Crippen LogP contribution >= 0.6 is 23.1 Å². The SMILES string of the molecule is C=CCn1c(=NC(=O)CSCC(=O)N2CCc3ccccc32)sc2ccccc21. The first kappa shape index (κ1) is 19.7. The van der Waals surface area contributed by atoms with Gasteiger partial charge in [0.2, 0.25) is 5.91 Å². The maximum atomic E-state index is 12.6. The number of thiazole rings is 1. The van der Waals surface area contributed by atoms with Crippen LogP contribution in [0.1, 0.15) is 5.56 Å². The molecule has 2 heterocycles. The number of carbonyl (C=O) groups is 2. The fraction of sp³-hybridized carbons (Fsp3) is 0.227. The highest BCUT2D eigenvalue weighted by Gasteiger charge is 2.23. The Kier molecular flexibility index (Phi) is 5.97. The van der Waals surface area contributed by atoms with E-state index in [2.05, 4.69) is 17.6 Å². The summed E-state index contributed by atoms with van der Waals surface area (Å²) in [5.41, 5.74) is 3.23. The first-order valence-electron chi connectivity index (χ1n) is 9.40. The predicted octanol–water partition coefficient (Wildman–Crippen LogP) is 3.64. The van der Waals surface area contributed by atoms with Crippen molar-refractivity contribution in [3.05, 3.63) is 71.6 Å². The van der Waals surface area contributed by atoms with Gasteiger partial charge in [-0.1, -0.05) is 47.7 Å². The number of fused-ring (bicyclic) bond motifs is 2. The molecule has 1 aromatic heterocycles. The number of allylic oxidation sites excluding steroid dienone is 1. The Morgan fingerprint density at radius 3 is 2.79 bits per heavy atom. The number of thioether (sulfide) groups is 1. The topological polar surface area (TPSA) is 54.7 Å². The molecule has 7 heteroatoms. The molecule has 0 bridgehead atoms.